The van der Waals surface area contributed by atoms with E-state index in [1.54, 1.807) is 11.8 Å². The van der Waals surface area contributed by atoms with E-state index in [2.05, 4.69) is 65.0 Å². The summed E-state index contributed by atoms with van der Waals surface area (Å²) in [6, 6.07) is 12.6. The van der Waals surface area contributed by atoms with Crippen LogP contribution >= 0.6 is 11.8 Å². The van der Waals surface area contributed by atoms with E-state index in [0.717, 1.165) is 36.0 Å². The van der Waals surface area contributed by atoms with Gasteiger partial charge in [0.15, 0.2) is 0 Å². The van der Waals surface area contributed by atoms with Crippen LogP contribution in [-0.4, -0.2) is 27.2 Å². The molecular weight excluding hydrogens is 416 g/mol. The highest BCUT2D eigenvalue weighted by Gasteiger charge is 2.26. The van der Waals surface area contributed by atoms with Crippen molar-refractivity contribution >= 4 is 17.8 Å². The summed E-state index contributed by atoms with van der Waals surface area (Å²) in [7, 11) is 0. The monoisotopic (exact) mass is 456 g/mol. The van der Waals surface area contributed by atoms with Gasteiger partial charge in [-0.05, 0) is 65.1 Å². The summed E-state index contributed by atoms with van der Waals surface area (Å²) in [5.41, 5.74) is 5.15. The fraction of sp³-hybridized carbons (Fsp3) is 0.500. The Balaban J connectivity index is 2.35. The molecule has 0 amide bonds. The Morgan fingerprint density at radius 3 is 2.16 bits per heavy atom. The van der Waals surface area contributed by atoms with Crippen LogP contribution < -0.4 is 0 Å². The van der Waals surface area contributed by atoms with Gasteiger partial charge < -0.3 is 15.3 Å². The maximum atomic E-state index is 10.2. The number of aliphatic hydroxyl groups excluding tert-OH is 3. The molecule has 1 atom stereocenters. The third kappa shape index (κ3) is 6.48. The van der Waals surface area contributed by atoms with Gasteiger partial charge in [-0.2, -0.15) is 0 Å². The Hall–Kier alpha value is -1.59. The molecule has 0 aliphatic rings. The van der Waals surface area contributed by atoms with Crippen molar-refractivity contribution in [1.82, 2.24) is 0 Å². The maximum Gasteiger partial charge on any atom is 0.0685 e. The van der Waals surface area contributed by atoms with Gasteiger partial charge in [0.25, 0.3) is 0 Å². The van der Waals surface area contributed by atoms with E-state index in [4.69, 9.17) is 0 Å². The fourth-order valence-electron chi connectivity index (χ4n) is 3.97. The highest BCUT2D eigenvalue weighted by molar-refractivity contribution is 7.99. The van der Waals surface area contributed by atoms with E-state index >= 15 is 0 Å². The first kappa shape index (κ1) is 26.7. The Morgan fingerprint density at radius 2 is 1.59 bits per heavy atom. The van der Waals surface area contributed by atoms with E-state index in [9.17, 15) is 15.3 Å². The minimum atomic E-state index is -0.293. The van der Waals surface area contributed by atoms with Crippen LogP contribution in [0.25, 0.3) is 6.08 Å². The molecule has 0 radical (unpaired) electrons. The normalized spacial score (nSPS) is 13.3. The van der Waals surface area contributed by atoms with Crippen LogP contribution in [0, 0.1) is 5.92 Å². The second-order valence-electron chi connectivity index (χ2n) is 8.84. The highest BCUT2D eigenvalue weighted by atomic mass is 32.2. The first-order valence-electron chi connectivity index (χ1n) is 11.8. The molecule has 2 rings (SSSR count). The van der Waals surface area contributed by atoms with Crippen LogP contribution in [0.3, 0.4) is 0 Å². The first-order chi connectivity index (χ1) is 15.3. The van der Waals surface area contributed by atoms with Crippen LogP contribution in [0.4, 0.5) is 0 Å². The van der Waals surface area contributed by atoms with Gasteiger partial charge in [-0.25, -0.2) is 0 Å². The van der Waals surface area contributed by atoms with E-state index in [-0.39, 0.29) is 30.7 Å². The molecular formula is C28H40O3S. The zero-order chi connectivity index (χ0) is 23.7. The number of hydrogen-bond acceptors (Lipinski definition) is 4. The zero-order valence-electron chi connectivity index (χ0n) is 20.3. The van der Waals surface area contributed by atoms with Crippen LogP contribution in [0.1, 0.15) is 75.3 Å². The SMILES string of the molecule is CCc1cc(C(C=Cc2ccc(CO)c(CO)c2)(CC)CC)ccc1SCC(O)C(C)C. The van der Waals surface area contributed by atoms with Crippen LogP contribution in [-0.2, 0) is 25.0 Å². The maximum absolute atomic E-state index is 10.2. The predicted octanol–water partition coefficient (Wildman–Crippen LogP) is 6.11. The lowest BCUT2D eigenvalue weighted by atomic mass is 9.75. The standard InChI is InChI=1S/C28H40O3S/c1-6-22-16-25(11-12-27(22)32-19-26(31)20(4)5)28(7-2,8-3)14-13-21-9-10-23(17-29)24(15-21)18-30/h9-16,20,26,29-31H,6-8,17-19H2,1-5H3. The Bertz CT molecular complexity index is 884. The van der Waals surface area contributed by atoms with E-state index in [0.29, 0.717) is 5.75 Å². The molecule has 2 aromatic rings. The van der Waals surface area contributed by atoms with E-state index < -0.39 is 0 Å². The van der Waals surface area contributed by atoms with Gasteiger partial charge in [0.2, 0.25) is 0 Å². The largest absolute Gasteiger partial charge is 0.392 e. The molecule has 0 saturated carbocycles. The molecule has 0 fully saturated rings. The molecule has 0 heterocycles. The molecule has 0 aliphatic carbocycles. The second-order valence-corrected chi connectivity index (χ2v) is 9.90. The van der Waals surface area contributed by atoms with Crippen molar-refractivity contribution in [2.45, 2.75) is 83.5 Å². The summed E-state index contributed by atoms with van der Waals surface area (Å²) in [6.07, 6.45) is 7.09. The molecule has 0 spiro atoms. The van der Waals surface area contributed by atoms with Crippen molar-refractivity contribution < 1.29 is 15.3 Å². The lowest BCUT2D eigenvalue weighted by Gasteiger charge is -2.30. The Labute approximate surface area is 198 Å². The minimum Gasteiger partial charge on any atom is -0.392 e. The van der Waals surface area contributed by atoms with Gasteiger partial charge >= 0.3 is 0 Å². The molecule has 3 nitrogen and oxygen atoms in total. The molecule has 3 N–H and O–H groups in total. The summed E-state index contributed by atoms with van der Waals surface area (Å²) in [5.74, 6) is 0.982. The number of benzene rings is 2. The Morgan fingerprint density at radius 1 is 0.906 bits per heavy atom. The molecule has 176 valence electrons. The summed E-state index contributed by atoms with van der Waals surface area (Å²) in [4.78, 5) is 1.26. The van der Waals surface area contributed by atoms with E-state index in [1.807, 2.05) is 18.2 Å². The van der Waals surface area contributed by atoms with Crippen LogP contribution in [0.5, 0.6) is 0 Å². The van der Waals surface area contributed by atoms with E-state index in [1.165, 1.54) is 16.0 Å². The molecule has 32 heavy (non-hydrogen) atoms. The summed E-state index contributed by atoms with van der Waals surface area (Å²) in [5, 5.41) is 29.3. The predicted molar refractivity (Wildman–Crippen MR) is 137 cm³/mol. The molecule has 2 aromatic carbocycles. The molecule has 0 aromatic heterocycles. The summed E-state index contributed by atoms with van der Waals surface area (Å²) in [6.45, 7) is 10.6. The van der Waals surface area contributed by atoms with Crippen molar-refractivity contribution in [2.24, 2.45) is 5.92 Å². The van der Waals surface area contributed by atoms with Gasteiger partial charge in [-0.15, -0.1) is 11.8 Å². The van der Waals surface area contributed by atoms with Crippen LogP contribution in [0.15, 0.2) is 47.4 Å². The zero-order valence-corrected chi connectivity index (χ0v) is 21.1. The third-order valence-electron chi connectivity index (χ3n) is 6.62. The quantitative estimate of drug-likeness (QED) is 0.337. The summed E-state index contributed by atoms with van der Waals surface area (Å²) >= 11 is 1.75. The average molecular weight is 457 g/mol. The minimum absolute atomic E-state index is 0.0634. The molecule has 1 unspecified atom stereocenters. The van der Waals surface area contributed by atoms with Crippen molar-refractivity contribution in [3.63, 3.8) is 0 Å². The average Bonchev–Trinajstić information content (AvgIpc) is 2.83. The number of aryl methyl sites for hydroxylation is 1. The molecule has 4 heteroatoms. The number of hydrogen-bond donors (Lipinski definition) is 3. The third-order valence-corrected chi connectivity index (χ3v) is 7.84. The molecule has 0 saturated heterocycles. The van der Waals surface area contributed by atoms with Gasteiger partial charge in [0.05, 0.1) is 19.3 Å². The highest BCUT2D eigenvalue weighted by Crippen LogP contribution is 2.37. The Kier molecular flexibility index (Phi) is 10.5. The van der Waals surface area contributed by atoms with Gasteiger partial charge in [-0.3, -0.25) is 0 Å². The van der Waals surface area contributed by atoms with Crippen LogP contribution in [0.2, 0.25) is 0 Å². The van der Waals surface area contributed by atoms with Crippen molar-refractivity contribution in [3.8, 4) is 0 Å². The number of aliphatic hydroxyl groups is 3. The van der Waals surface area contributed by atoms with Gasteiger partial charge in [0, 0.05) is 16.1 Å². The molecule has 0 aliphatic heterocycles. The number of thioether (sulfide) groups is 1. The number of rotatable bonds is 12. The smallest absolute Gasteiger partial charge is 0.0685 e. The first-order valence-corrected chi connectivity index (χ1v) is 12.8. The second kappa shape index (κ2) is 12.6. The van der Waals surface area contributed by atoms with Crippen molar-refractivity contribution in [2.75, 3.05) is 5.75 Å². The topological polar surface area (TPSA) is 60.7 Å². The summed E-state index contributed by atoms with van der Waals surface area (Å²) < 4.78 is 0. The van der Waals surface area contributed by atoms with Gasteiger partial charge in [0.1, 0.15) is 0 Å². The lowest BCUT2D eigenvalue weighted by Crippen LogP contribution is -2.22. The fourth-order valence-corrected chi connectivity index (χ4v) is 5.26. The van der Waals surface area contributed by atoms with Crippen molar-refractivity contribution in [1.29, 1.82) is 0 Å². The molecule has 0 bridgehead atoms. The van der Waals surface area contributed by atoms with Gasteiger partial charge in [-0.1, -0.05) is 71.0 Å². The number of allylic oxidation sites excluding steroid dienone is 1. The lowest BCUT2D eigenvalue weighted by molar-refractivity contribution is 0.149. The van der Waals surface area contributed by atoms with Crippen molar-refractivity contribution in [3.05, 3.63) is 70.3 Å².